The number of ether oxygens (including phenoxy) is 3. The molecule has 0 saturated carbocycles. The molecule has 128 valence electrons. The van der Waals surface area contributed by atoms with Crippen LogP contribution in [0.5, 0.6) is 11.5 Å². The van der Waals surface area contributed by atoms with Gasteiger partial charge in [-0.15, -0.1) is 0 Å². The topological polar surface area (TPSA) is 27.7 Å². The number of rotatable bonds is 9. The maximum atomic E-state index is 5.82. The van der Waals surface area contributed by atoms with Crippen molar-refractivity contribution in [3.8, 4) is 11.5 Å². The lowest BCUT2D eigenvalue weighted by molar-refractivity contribution is -0.0158. The average Bonchev–Trinajstić information content (AvgIpc) is 2.97. The van der Waals surface area contributed by atoms with Crippen LogP contribution < -0.4 is 9.47 Å². The van der Waals surface area contributed by atoms with Gasteiger partial charge in [0.15, 0.2) is 0 Å². The van der Waals surface area contributed by atoms with E-state index in [1.807, 2.05) is 19.1 Å². The van der Waals surface area contributed by atoms with Crippen molar-refractivity contribution in [2.75, 3.05) is 19.8 Å². The summed E-state index contributed by atoms with van der Waals surface area (Å²) in [5.74, 6) is 1.88. The van der Waals surface area contributed by atoms with E-state index in [-0.39, 0.29) is 5.60 Å². The van der Waals surface area contributed by atoms with Crippen molar-refractivity contribution in [2.24, 2.45) is 0 Å². The van der Waals surface area contributed by atoms with E-state index in [1.165, 1.54) is 11.1 Å². The normalized spacial score (nSPS) is 14.5. The Morgan fingerprint density at radius 1 is 1.35 bits per heavy atom. The van der Waals surface area contributed by atoms with Gasteiger partial charge in [-0.25, -0.2) is 0 Å². The zero-order valence-electron chi connectivity index (χ0n) is 15.0. The van der Waals surface area contributed by atoms with Gasteiger partial charge in [-0.05, 0) is 58.6 Å². The smallest absolute Gasteiger partial charge is 0.126 e. The highest BCUT2D eigenvalue weighted by Crippen LogP contribution is 2.29. The monoisotopic (exact) mass is 318 g/mol. The molecule has 0 unspecified atom stereocenters. The van der Waals surface area contributed by atoms with Gasteiger partial charge in [0.25, 0.3) is 0 Å². The molecular formula is C20H30O3. The van der Waals surface area contributed by atoms with Crippen LogP contribution in [-0.4, -0.2) is 25.4 Å². The van der Waals surface area contributed by atoms with Crippen molar-refractivity contribution in [2.45, 2.75) is 59.0 Å². The number of hydrogen-bond acceptors (Lipinski definition) is 3. The van der Waals surface area contributed by atoms with Gasteiger partial charge in [0.2, 0.25) is 0 Å². The molecule has 0 radical (unpaired) electrons. The van der Waals surface area contributed by atoms with Crippen molar-refractivity contribution >= 4 is 0 Å². The fourth-order valence-corrected chi connectivity index (χ4v) is 2.78. The van der Waals surface area contributed by atoms with Crippen LogP contribution in [0.2, 0.25) is 0 Å². The lowest BCUT2D eigenvalue weighted by Crippen LogP contribution is -2.24. The highest BCUT2D eigenvalue weighted by Gasteiger charge is 2.16. The standard InChI is InChI=1S/C20H30O3/c1-5-23-20(3,4)12-10-16(2)7-6-13-21-18-9-8-17-11-14-22-19(17)15-18/h7-9,15H,5-6,10-14H2,1-4H3. The predicted octanol–water partition coefficient (Wildman–Crippen LogP) is 4.93. The third kappa shape index (κ3) is 5.91. The molecule has 3 nitrogen and oxygen atoms in total. The highest BCUT2D eigenvalue weighted by molar-refractivity contribution is 5.42. The molecule has 0 bridgehead atoms. The summed E-state index contributed by atoms with van der Waals surface area (Å²) in [4.78, 5) is 0. The highest BCUT2D eigenvalue weighted by atomic mass is 16.5. The summed E-state index contributed by atoms with van der Waals surface area (Å²) < 4.78 is 17.1. The van der Waals surface area contributed by atoms with E-state index < -0.39 is 0 Å². The molecule has 1 heterocycles. The summed E-state index contributed by atoms with van der Waals surface area (Å²) in [6.45, 7) is 10.8. The molecule has 0 amide bonds. The van der Waals surface area contributed by atoms with Gasteiger partial charge < -0.3 is 14.2 Å². The molecule has 0 N–H and O–H groups in total. The summed E-state index contributed by atoms with van der Waals surface area (Å²) in [7, 11) is 0. The lowest BCUT2D eigenvalue weighted by atomic mass is 9.99. The maximum absolute atomic E-state index is 5.82. The van der Waals surface area contributed by atoms with E-state index in [4.69, 9.17) is 14.2 Å². The van der Waals surface area contributed by atoms with Gasteiger partial charge in [0.1, 0.15) is 11.5 Å². The minimum Gasteiger partial charge on any atom is -0.493 e. The molecule has 0 aromatic heterocycles. The lowest BCUT2D eigenvalue weighted by Gasteiger charge is -2.24. The summed E-state index contributed by atoms with van der Waals surface area (Å²) in [6, 6.07) is 6.15. The third-order valence-corrected chi connectivity index (χ3v) is 4.20. The van der Waals surface area contributed by atoms with Gasteiger partial charge in [-0.3, -0.25) is 0 Å². The van der Waals surface area contributed by atoms with Crippen LogP contribution in [0, 0.1) is 0 Å². The second-order valence-electron chi connectivity index (χ2n) is 6.75. The first-order valence-electron chi connectivity index (χ1n) is 8.68. The molecule has 0 atom stereocenters. The van der Waals surface area contributed by atoms with Crippen molar-refractivity contribution in [3.05, 3.63) is 35.4 Å². The van der Waals surface area contributed by atoms with Gasteiger partial charge in [0.05, 0.1) is 18.8 Å². The molecule has 0 spiro atoms. The van der Waals surface area contributed by atoms with Gasteiger partial charge in [-0.1, -0.05) is 17.7 Å². The quantitative estimate of drug-likeness (QED) is 0.477. The number of benzene rings is 1. The van der Waals surface area contributed by atoms with Crippen molar-refractivity contribution in [1.82, 2.24) is 0 Å². The zero-order valence-corrected chi connectivity index (χ0v) is 15.0. The van der Waals surface area contributed by atoms with Crippen molar-refractivity contribution < 1.29 is 14.2 Å². The minimum atomic E-state index is -0.0369. The molecule has 0 aliphatic carbocycles. The zero-order chi connectivity index (χ0) is 16.7. The predicted molar refractivity (Wildman–Crippen MR) is 94.4 cm³/mol. The summed E-state index contributed by atoms with van der Waals surface area (Å²) in [6.07, 6.45) is 6.33. The van der Waals surface area contributed by atoms with Gasteiger partial charge in [-0.2, -0.15) is 0 Å². The fraction of sp³-hybridized carbons (Fsp3) is 0.600. The molecule has 3 heteroatoms. The van der Waals surface area contributed by atoms with Gasteiger partial charge >= 0.3 is 0 Å². The van der Waals surface area contributed by atoms with Gasteiger partial charge in [0, 0.05) is 19.1 Å². The molecule has 0 fully saturated rings. The van der Waals surface area contributed by atoms with Crippen LogP contribution >= 0.6 is 0 Å². The third-order valence-electron chi connectivity index (χ3n) is 4.20. The summed E-state index contributed by atoms with van der Waals surface area (Å²) in [5, 5.41) is 0. The van der Waals surface area contributed by atoms with Crippen LogP contribution in [0.1, 0.15) is 52.5 Å². The van der Waals surface area contributed by atoms with Crippen LogP contribution in [0.3, 0.4) is 0 Å². The molecular weight excluding hydrogens is 288 g/mol. The Morgan fingerprint density at radius 3 is 2.96 bits per heavy atom. The average molecular weight is 318 g/mol. The number of fused-ring (bicyclic) bond motifs is 1. The van der Waals surface area contributed by atoms with E-state index in [9.17, 15) is 0 Å². The Kier molecular flexibility index (Phi) is 6.52. The van der Waals surface area contributed by atoms with E-state index in [0.29, 0.717) is 6.61 Å². The SMILES string of the molecule is CCOC(C)(C)CCC(C)=CCCOc1ccc2c(c1)OCC2. The molecule has 1 aliphatic rings. The van der Waals surface area contributed by atoms with E-state index in [0.717, 1.165) is 50.4 Å². The van der Waals surface area contributed by atoms with Crippen molar-refractivity contribution in [3.63, 3.8) is 0 Å². The Morgan fingerprint density at radius 2 is 2.17 bits per heavy atom. The van der Waals surface area contributed by atoms with Crippen molar-refractivity contribution in [1.29, 1.82) is 0 Å². The van der Waals surface area contributed by atoms with Crippen LogP contribution in [0.25, 0.3) is 0 Å². The Labute approximate surface area is 140 Å². The van der Waals surface area contributed by atoms with E-state index in [2.05, 4.69) is 32.9 Å². The Bertz CT molecular complexity index is 532. The molecule has 1 aromatic carbocycles. The number of hydrogen-bond donors (Lipinski definition) is 0. The van der Waals surface area contributed by atoms with Crippen LogP contribution in [-0.2, 0) is 11.2 Å². The largest absolute Gasteiger partial charge is 0.493 e. The second kappa shape index (κ2) is 8.39. The Hall–Kier alpha value is -1.48. The first-order chi connectivity index (χ1) is 11.0. The maximum Gasteiger partial charge on any atom is 0.126 e. The molecule has 1 aromatic rings. The minimum absolute atomic E-state index is 0.0369. The first-order valence-corrected chi connectivity index (χ1v) is 8.68. The van der Waals surface area contributed by atoms with Crippen LogP contribution in [0.15, 0.2) is 29.8 Å². The summed E-state index contributed by atoms with van der Waals surface area (Å²) in [5.41, 5.74) is 2.65. The molecule has 2 rings (SSSR count). The fourth-order valence-electron chi connectivity index (χ4n) is 2.78. The number of allylic oxidation sites excluding steroid dienone is 1. The molecule has 23 heavy (non-hydrogen) atoms. The summed E-state index contributed by atoms with van der Waals surface area (Å²) >= 11 is 0. The van der Waals surface area contributed by atoms with E-state index in [1.54, 1.807) is 0 Å². The molecule has 1 aliphatic heterocycles. The molecule has 0 saturated heterocycles. The Balaban J connectivity index is 1.69. The second-order valence-corrected chi connectivity index (χ2v) is 6.75. The first kappa shape index (κ1) is 17.9. The van der Waals surface area contributed by atoms with Crippen LogP contribution in [0.4, 0.5) is 0 Å². The van der Waals surface area contributed by atoms with E-state index >= 15 is 0 Å².